The summed E-state index contributed by atoms with van der Waals surface area (Å²) in [6, 6.07) is 6.28. The van der Waals surface area contributed by atoms with Crippen LogP contribution in [0.5, 0.6) is 5.88 Å². The van der Waals surface area contributed by atoms with Gasteiger partial charge in [-0.15, -0.1) is 5.10 Å². The van der Waals surface area contributed by atoms with Crippen LogP contribution in [-0.4, -0.2) is 50.6 Å². The number of alkyl halides is 2. The number of nitrogens with zero attached hydrogens (tertiary/aromatic N) is 5. The number of ether oxygens (including phenoxy) is 1. The highest BCUT2D eigenvalue weighted by molar-refractivity contribution is 7.19. The number of thiazole rings is 1. The van der Waals surface area contributed by atoms with E-state index in [0.29, 0.717) is 24.2 Å². The summed E-state index contributed by atoms with van der Waals surface area (Å²) in [5, 5.41) is 12.3. The maximum atomic E-state index is 12.9. The van der Waals surface area contributed by atoms with Crippen molar-refractivity contribution >= 4 is 16.5 Å². The number of halogens is 2. The van der Waals surface area contributed by atoms with Gasteiger partial charge in [0.2, 0.25) is 5.88 Å². The maximum absolute atomic E-state index is 12.9. The second kappa shape index (κ2) is 8.27. The van der Waals surface area contributed by atoms with Crippen LogP contribution in [0.4, 0.5) is 13.9 Å². The molecule has 0 aliphatic carbocycles. The van der Waals surface area contributed by atoms with Crippen LogP contribution in [-0.2, 0) is 13.2 Å². The molecule has 34 heavy (non-hydrogen) atoms. The third-order valence-electron chi connectivity index (χ3n) is 6.54. The van der Waals surface area contributed by atoms with E-state index in [9.17, 15) is 8.78 Å². The van der Waals surface area contributed by atoms with E-state index < -0.39 is 13.0 Å². The van der Waals surface area contributed by atoms with Crippen LogP contribution < -0.4 is 15.0 Å². The average molecular weight is 489 g/mol. The molecule has 4 heterocycles. The van der Waals surface area contributed by atoms with Crippen molar-refractivity contribution in [1.82, 2.24) is 25.3 Å². The Hall–Kier alpha value is -2.59. The van der Waals surface area contributed by atoms with Crippen molar-refractivity contribution in [3.8, 4) is 27.6 Å². The summed E-state index contributed by atoms with van der Waals surface area (Å²) in [7, 11) is 2.12. The molecule has 2 aliphatic rings. The summed E-state index contributed by atoms with van der Waals surface area (Å²) in [6.07, 6.45) is 1.07. The fourth-order valence-corrected chi connectivity index (χ4v) is 6.50. The number of hydrogen-bond acceptors (Lipinski definition) is 7. The van der Waals surface area contributed by atoms with Crippen LogP contribution in [0.25, 0.3) is 21.7 Å². The van der Waals surface area contributed by atoms with Gasteiger partial charge in [0.25, 0.3) is 6.43 Å². The molecule has 1 saturated heterocycles. The monoisotopic (exact) mass is 488 g/mol. The Morgan fingerprint density at radius 3 is 2.68 bits per heavy atom. The smallest absolute Gasteiger partial charge is 0.258 e. The number of nitrogens with one attached hydrogen (secondary N) is 1. The molecule has 0 spiro atoms. The first kappa shape index (κ1) is 23.2. The third-order valence-corrected chi connectivity index (χ3v) is 7.70. The van der Waals surface area contributed by atoms with E-state index in [2.05, 4.69) is 55.3 Å². The minimum atomic E-state index is -2.49. The lowest BCUT2D eigenvalue weighted by molar-refractivity contribution is 0.121. The highest BCUT2D eigenvalue weighted by Crippen LogP contribution is 2.46. The number of benzene rings is 1. The van der Waals surface area contributed by atoms with E-state index in [0.717, 1.165) is 39.5 Å². The van der Waals surface area contributed by atoms with E-state index in [-0.39, 0.29) is 11.1 Å². The van der Waals surface area contributed by atoms with Crippen LogP contribution in [0.1, 0.15) is 46.1 Å². The first-order valence-corrected chi connectivity index (χ1v) is 12.3. The minimum absolute atomic E-state index is 0.0444. The zero-order valence-electron chi connectivity index (χ0n) is 20.1. The van der Waals surface area contributed by atoms with Gasteiger partial charge in [0.05, 0.1) is 11.9 Å². The molecule has 10 heteroatoms. The number of piperidine rings is 1. The molecule has 1 aromatic carbocycles. The third kappa shape index (κ3) is 4.40. The van der Waals surface area contributed by atoms with Crippen LogP contribution in [0, 0.1) is 0 Å². The van der Waals surface area contributed by atoms with E-state index in [1.165, 1.54) is 10.9 Å². The Balaban J connectivity index is 1.43. The molecule has 5 rings (SSSR count). The molecule has 182 valence electrons. The molecule has 0 saturated carbocycles. The number of aromatic nitrogens is 4. The average Bonchev–Trinajstić information content (AvgIpc) is 3.37. The minimum Gasteiger partial charge on any atom is -0.472 e. The highest BCUT2D eigenvalue weighted by Gasteiger charge is 2.40. The predicted octanol–water partition coefficient (Wildman–Crippen LogP) is 4.97. The van der Waals surface area contributed by atoms with Crippen LogP contribution in [0.15, 0.2) is 24.4 Å². The fourth-order valence-electron chi connectivity index (χ4n) is 5.40. The Morgan fingerprint density at radius 2 is 1.97 bits per heavy atom. The summed E-state index contributed by atoms with van der Waals surface area (Å²) >= 11 is 1.64. The maximum Gasteiger partial charge on any atom is 0.258 e. The molecular weight excluding hydrogens is 458 g/mol. The molecule has 3 aromatic rings. The van der Waals surface area contributed by atoms with Crippen molar-refractivity contribution in [2.24, 2.45) is 0 Å². The van der Waals surface area contributed by atoms with Gasteiger partial charge in [0.1, 0.15) is 18.0 Å². The summed E-state index contributed by atoms with van der Waals surface area (Å²) in [4.78, 5) is 8.13. The van der Waals surface area contributed by atoms with Gasteiger partial charge in [0, 0.05) is 35.3 Å². The molecule has 0 unspecified atom stereocenters. The van der Waals surface area contributed by atoms with Crippen molar-refractivity contribution in [1.29, 1.82) is 0 Å². The Kier molecular flexibility index (Phi) is 5.63. The highest BCUT2D eigenvalue weighted by atomic mass is 32.1. The first-order valence-electron chi connectivity index (χ1n) is 11.5. The second-order valence-corrected chi connectivity index (χ2v) is 11.5. The van der Waals surface area contributed by atoms with Gasteiger partial charge in [-0.3, -0.25) is 0 Å². The van der Waals surface area contributed by atoms with Gasteiger partial charge in [-0.2, -0.15) is 4.98 Å². The van der Waals surface area contributed by atoms with E-state index >= 15 is 0 Å². The summed E-state index contributed by atoms with van der Waals surface area (Å²) in [6.45, 7) is 8.90. The van der Waals surface area contributed by atoms with Crippen LogP contribution in [0.3, 0.4) is 0 Å². The zero-order chi connectivity index (χ0) is 24.3. The van der Waals surface area contributed by atoms with Gasteiger partial charge in [-0.1, -0.05) is 28.7 Å². The van der Waals surface area contributed by atoms with E-state index in [1.54, 1.807) is 11.3 Å². The topological polar surface area (TPSA) is 68.1 Å². The van der Waals surface area contributed by atoms with Crippen molar-refractivity contribution in [3.05, 3.63) is 30.0 Å². The summed E-state index contributed by atoms with van der Waals surface area (Å²) in [5.74, 6) is 0.656. The van der Waals surface area contributed by atoms with Crippen molar-refractivity contribution in [2.45, 2.75) is 77.2 Å². The molecule has 2 aromatic heterocycles. The molecule has 0 atom stereocenters. The van der Waals surface area contributed by atoms with Gasteiger partial charge < -0.3 is 15.0 Å². The predicted molar refractivity (Wildman–Crippen MR) is 130 cm³/mol. The lowest BCUT2D eigenvalue weighted by Gasteiger charge is -2.48. The molecule has 1 N–H and O–H groups in total. The van der Waals surface area contributed by atoms with Crippen molar-refractivity contribution < 1.29 is 13.5 Å². The van der Waals surface area contributed by atoms with Gasteiger partial charge in [-0.05, 0) is 52.2 Å². The Bertz CT molecular complexity index is 1190. The quantitative estimate of drug-likeness (QED) is 0.547. The number of anilines is 1. The summed E-state index contributed by atoms with van der Waals surface area (Å²) in [5.41, 5.74) is 3.51. The summed E-state index contributed by atoms with van der Waals surface area (Å²) < 4.78 is 33.1. The molecule has 0 amide bonds. The van der Waals surface area contributed by atoms with Crippen LogP contribution >= 0.6 is 11.3 Å². The number of fused-ring (bicyclic) bond motifs is 3. The Labute approximate surface area is 202 Å². The van der Waals surface area contributed by atoms with E-state index in [4.69, 9.17) is 9.72 Å². The largest absolute Gasteiger partial charge is 0.472 e. The molecule has 2 aliphatic heterocycles. The van der Waals surface area contributed by atoms with Crippen LogP contribution in [0.2, 0.25) is 0 Å². The SMILES string of the molecule is CN(c1nc2c(s1)-c1ccc(-c3cnnn3CC(F)F)cc1CO2)C1CC(C)(C)NC(C)(C)C1. The lowest BCUT2D eigenvalue weighted by atomic mass is 9.79. The normalized spacial score (nSPS) is 18.9. The number of hydrogen-bond donors (Lipinski definition) is 1. The lowest BCUT2D eigenvalue weighted by Crippen LogP contribution is -2.61. The Morgan fingerprint density at radius 1 is 1.24 bits per heavy atom. The van der Waals surface area contributed by atoms with Gasteiger partial charge in [0.15, 0.2) is 5.13 Å². The van der Waals surface area contributed by atoms with E-state index in [1.807, 2.05) is 18.2 Å². The zero-order valence-corrected chi connectivity index (χ0v) is 20.9. The van der Waals surface area contributed by atoms with Gasteiger partial charge >= 0.3 is 0 Å². The first-order chi connectivity index (χ1) is 16.0. The number of rotatable bonds is 5. The second-order valence-electron chi connectivity index (χ2n) is 10.5. The fraction of sp³-hybridized carbons (Fsp3) is 0.542. The standard InChI is InChI=1S/C24H30F2N6OS/c1-23(2)9-16(10-24(3,4)29-23)31(5)22-28-21-20(34-22)17-7-6-14(8-15(17)13-33-21)18-11-27-30-32(18)12-19(25)26/h6-8,11,16,19,29H,9-10,12-13H2,1-5H3. The molecule has 7 nitrogen and oxygen atoms in total. The van der Waals surface area contributed by atoms with Crippen molar-refractivity contribution in [2.75, 3.05) is 11.9 Å². The molecule has 0 bridgehead atoms. The molecule has 1 fully saturated rings. The molecule has 0 radical (unpaired) electrons. The van der Waals surface area contributed by atoms with Crippen molar-refractivity contribution in [3.63, 3.8) is 0 Å². The van der Waals surface area contributed by atoms with Gasteiger partial charge in [-0.25, -0.2) is 13.5 Å². The molecular formula is C24H30F2N6OS.